The minimum absolute atomic E-state index is 1.14. The topological polar surface area (TPSA) is 51.2 Å². The van der Waals surface area contributed by atoms with E-state index in [0.29, 0.717) is 0 Å². The van der Waals surface area contributed by atoms with Gasteiger partial charge in [0.2, 0.25) is 0 Å². The molecule has 112 valence electrons. The molecule has 0 saturated heterocycles. The Labute approximate surface area is 114 Å². The fourth-order valence-electron chi connectivity index (χ4n) is 0.301. The molecule has 0 fully saturated rings. The smallest absolute Gasteiger partial charge is 0.274 e. The largest absolute Gasteiger partial charge is 0.460 e. The number of hydrogen-bond acceptors (Lipinski definition) is 3. The van der Waals surface area contributed by atoms with Crippen molar-refractivity contribution in [1.82, 2.24) is 0 Å². The van der Waals surface area contributed by atoms with Gasteiger partial charge >= 0.3 is 28.5 Å². The van der Waals surface area contributed by atoms with Crippen LogP contribution in [0.2, 0.25) is 0 Å². The van der Waals surface area contributed by atoms with Gasteiger partial charge in [-0.25, -0.2) is 0 Å². The van der Waals surface area contributed by atoms with Gasteiger partial charge in [0.25, 0.3) is 5.24 Å². The third-order valence-corrected chi connectivity index (χ3v) is 1.83. The number of carbonyl (C=O) groups excluding carboxylic acids is 3. The van der Waals surface area contributed by atoms with Gasteiger partial charge in [0.15, 0.2) is 0 Å². The van der Waals surface area contributed by atoms with Crippen LogP contribution in [0.4, 0.5) is 30.7 Å². The Hall–Kier alpha value is -0.610. The van der Waals surface area contributed by atoms with Gasteiger partial charge in [-0.15, -0.1) is 0 Å². The molecule has 0 N–H and O–H groups in total. The van der Waals surface area contributed by atoms with Gasteiger partial charge < -0.3 is 0 Å². The first-order valence-corrected chi connectivity index (χ1v) is 4.64. The van der Waals surface area contributed by atoms with Crippen molar-refractivity contribution >= 4 is 50.5 Å². The van der Waals surface area contributed by atoms with Crippen molar-refractivity contribution in [1.29, 1.82) is 0 Å². The average Bonchev–Trinajstić information content (AvgIpc) is 2.15. The number of carbonyl (C=O) groups is 3. The molecule has 0 aliphatic carbocycles. The van der Waals surface area contributed by atoms with E-state index in [4.69, 9.17) is 0 Å². The van der Waals surface area contributed by atoms with Crippen LogP contribution in [0, 0.1) is 0 Å². The third kappa shape index (κ3) is 5.49. The third-order valence-electron chi connectivity index (χ3n) is 1.15. The highest BCUT2D eigenvalue weighted by Gasteiger charge is 2.75. The Bertz CT molecular complexity index is 367. The molecular formula is C6Cl3F7O3. The summed E-state index contributed by atoms with van der Waals surface area (Å²) in [6.07, 6.45) is -6.53. The molecule has 0 aliphatic rings. The van der Waals surface area contributed by atoms with Crippen LogP contribution < -0.4 is 0 Å². The first kappa shape index (κ1) is 20.7. The minimum Gasteiger partial charge on any atom is -0.274 e. The molecule has 3 nitrogen and oxygen atoms in total. The molecule has 0 aromatic carbocycles. The van der Waals surface area contributed by atoms with E-state index in [1.165, 1.54) is 0 Å². The van der Waals surface area contributed by atoms with Gasteiger partial charge in [-0.3, -0.25) is 14.4 Å². The van der Waals surface area contributed by atoms with Gasteiger partial charge in [0, 0.05) is 0 Å². The summed E-state index contributed by atoms with van der Waals surface area (Å²) in [7, 11) is 0. The van der Waals surface area contributed by atoms with Gasteiger partial charge in [-0.05, 0) is 34.8 Å². The van der Waals surface area contributed by atoms with E-state index in [9.17, 15) is 45.1 Å². The normalized spacial score (nSPS) is 12.3. The van der Waals surface area contributed by atoms with Crippen LogP contribution in [0.25, 0.3) is 0 Å². The Balaban J connectivity index is 0. The fraction of sp³-hybridized carbons (Fsp3) is 0.500. The van der Waals surface area contributed by atoms with Gasteiger partial charge in [-0.1, -0.05) is 0 Å². The van der Waals surface area contributed by atoms with E-state index in [0.717, 1.165) is 0 Å². The number of hydrogen-bond donors (Lipinski definition) is 0. The summed E-state index contributed by atoms with van der Waals surface area (Å²) in [5.74, 6) is -12.4. The summed E-state index contributed by atoms with van der Waals surface area (Å²) < 4.78 is 81.0. The van der Waals surface area contributed by atoms with Crippen molar-refractivity contribution < 1.29 is 45.1 Å². The predicted octanol–water partition coefficient (Wildman–Crippen LogP) is 3.10. The van der Waals surface area contributed by atoms with E-state index in [-0.39, 0.29) is 0 Å². The van der Waals surface area contributed by atoms with Gasteiger partial charge in [0.05, 0.1) is 0 Å². The van der Waals surface area contributed by atoms with Crippen molar-refractivity contribution in [3.63, 3.8) is 0 Å². The van der Waals surface area contributed by atoms with Crippen molar-refractivity contribution in [3.8, 4) is 0 Å². The summed E-state index contributed by atoms with van der Waals surface area (Å²) in [5.41, 5.74) is 0. The van der Waals surface area contributed by atoms with Gasteiger partial charge in [0.1, 0.15) is 0 Å². The number of rotatable bonds is 3. The molecule has 0 bridgehead atoms. The maximum Gasteiger partial charge on any atom is 0.460 e. The number of alkyl halides is 7. The van der Waals surface area contributed by atoms with E-state index >= 15 is 0 Å². The lowest BCUT2D eigenvalue weighted by Gasteiger charge is -2.24. The minimum atomic E-state index is -6.53. The lowest BCUT2D eigenvalue weighted by atomic mass is 10.2. The van der Waals surface area contributed by atoms with E-state index in [1.54, 1.807) is 0 Å². The highest BCUT2D eigenvalue weighted by Crippen LogP contribution is 2.47. The maximum absolute atomic E-state index is 11.9. The fourth-order valence-corrected chi connectivity index (χ4v) is 0.420. The summed E-state index contributed by atoms with van der Waals surface area (Å²) in [6.45, 7) is 0. The molecule has 0 heterocycles. The molecule has 0 aromatic heterocycles. The zero-order valence-electron chi connectivity index (χ0n) is 8.00. The van der Waals surface area contributed by atoms with Crippen LogP contribution in [0.5, 0.6) is 0 Å². The summed E-state index contributed by atoms with van der Waals surface area (Å²) in [6, 6.07) is 0. The highest BCUT2D eigenvalue weighted by molar-refractivity contribution is 6.97. The van der Waals surface area contributed by atoms with Crippen LogP contribution in [-0.2, 0) is 14.4 Å². The van der Waals surface area contributed by atoms with E-state index < -0.39 is 33.7 Å². The summed E-state index contributed by atoms with van der Waals surface area (Å²) in [5, 5.41) is -5.34. The van der Waals surface area contributed by atoms with Crippen LogP contribution >= 0.6 is 34.8 Å². The standard InChI is InChI=1S/C4ClF7O.C2Cl2O2/c5-1(13)2(6,7)3(8,9)4(10,11)12;3-1(5)2(4)6. The Kier molecular flexibility index (Phi) is 7.31. The van der Waals surface area contributed by atoms with E-state index in [2.05, 4.69) is 34.8 Å². The van der Waals surface area contributed by atoms with Crippen LogP contribution in [-0.4, -0.2) is 33.7 Å². The van der Waals surface area contributed by atoms with Crippen LogP contribution in [0.3, 0.4) is 0 Å². The second kappa shape index (κ2) is 6.71. The molecular weight excluding hydrogens is 359 g/mol. The van der Waals surface area contributed by atoms with Crippen LogP contribution in [0.15, 0.2) is 0 Å². The predicted molar refractivity (Wildman–Crippen MR) is 48.5 cm³/mol. The highest BCUT2D eigenvalue weighted by atomic mass is 35.5. The Morgan fingerprint density at radius 3 is 1.00 bits per heavy atom. The lowest BCUT2D eigenvalue weighted by Crippen LogP contribution is -2.54. The van der Waals surface area contributed by atoms with Crippen molar-refractivity contribution in [2.75, 3.05) is 0 Å². The molecule has 0 aromatic rings. The molecule has 0 rings (SSSR count). The van der Waals surface area contributed by atoms with Crippen molar-refractivity contribution in [2.24, 2.45) is 0 Å². The summed E-state index contributed by atoms with van der Waals surface area (Å²) in [4.78, 5) is 28.4. The zero-order chi connectivity index (χ0) is 16.2. The molecule has 0 unspecified atom stereocenters. The Morgan fingerprint density at radius 1 is 0.684 bits per heavy atom. The second-order valence-corrected chi connectivity index (χ2v) is 3.50. The van der Waals surface area contributed by atoms with Gasteiger partial charge in [-0.2, -0.15) is 30.7 Å². The molecule has 0 radical (unpaired) electrons. The molecule has 13 heteroatoms. The lowest BCUT2D eigenvalue weighted by molar-refractivity contribution is -0.341. The monoisotopic (exact) mass is 358 g/mol. The molecule has 19 heavy (non-hydrogen) atoms. The van der Waals surface area contributed by atoms with Crippen molar-refractivity contribution in [3.05, 3.63) is 0 Å². The van der Waals surface area contributed by atoms with Crippen molar-refractivity contribution in [2.45, 2.75) is 18.0 Å². The maximum atomic E-state index is 11.9. The molecule has 0 atom stereocenters. The zero-order valence-corrected chi connectivity index (χ0v) is 10.3. The molecule has 0 amide bonds. The first-order valence-electron chi connectivity index (χ1n) is 3.50. The first-order chi connectivity index (χ1) is 8.09. The number of halogens is 10. The molecule has 0 saturated carbocycles. The average molecular weight is 359 g/mol. The summed E-state index contributed by atoms with van der Waals surface area (Å²) >= 11 is 12.9. The second-order valence-electron chi connectivity index (χ2n) is 2.47. The molecule has 0 aliphatic heterocycles. The Morgan fingerprint density at radius 2 is 0.947 bits per heavy atom. The molecule has 0 spiro atoms. The van der Waals surface area contributed by atoms with Crippen LogP contribution in [0.1, 0.15) is 0 Å². The quantitative estimate of drug-likeness (QED) is 0.442. The SMILES string of the molecule is O=C(Cl)C(=O)Cl.O=C(Cl)C(F)(F)C(F)(F)C(F)(F)F. The van der Waals surface area contributed by atoms with E-state index in [1.807, 2.05) is 0 Å².